The van der Waals surface area contributed by atoms with Crippen molar-refractivity contribution in [2.24, 2.45) is 0 Å². The van der Waals surface area contributed by atoms with Gasteiger partial charge in [-0.3, -0.25) is 0 Å². The fourth-order valence-electron chi connectivity index (χ4n) is 4.31. The summed E-state index contributed by atoms with van der Waals surface area (Å²) in [4.78, 5) is 36.3. The molecular formula is C37H44O10. The maximum Gasteiger partial charge on any atom is 0.343 e. The Morgan fingerprint density at radius 3 is 1.83 bits per heavy atom. The molecule has 0 saturated heterocycles. The topological polar surface area (TPSA) is 116 Å². The van der Waals surface area contributed by atoms with Gasteiger partial charge in [0.25, 0.3) is 0 Å². The fourth-order valence-corrected chi connectivity index (χ4v) is 4.31. The molecular weight excluding hydrogens is 604 g/mol. The number of carbonyl (C=O) groups is 3. The summed E-state index contributed by atoms with van der Waals surface area (Å²) in [5.74, 6) is 0.531. The van der Waals surface area contributed by atoms with Crippen molar-refractivity contribution in [1.82, 2.24) is 0 Å². The highest BCUT2D eigenvalue weighted by molar-refractivity contribution is 5.94. The molecule has 0 aliphatic rings. The summed E-state index contributed by atoms with van der Waals surface area (Å²) in [6, 6.07) is 18.1. The molecule has 0 fully saturated rings. The van der Waals surface area contributed by atoms with Crippen molar-refractivity contribution in [2.45, 2.75) is 58.3 Å². The van der Waals surface area contributed by atoms with Gasteiger partial charge in [0, 0.05) is 6.08 Å². The van der Waals surface area contributed by atoms with E-state index < -0.39 is 17.9 Å². The average molecular weight is 649 g/mol. The first-order chi connectivity index (χ1) is 22.9. The number of unbranched alkanes of at least 4 members (excludes halogenated alkanes) is 6. The standard InChI is InChI=1S/C37H44O10/c1-4-6-7-8-9-10-23-42-30-17-19-31(20-18-30)45-27-46-34-22-21-32(26-33(34)37(40)41-3)47-36(39)28-13-15-29(16-14-28)43-24-11-12-25-44-35(38)5-2/h5,13-22,26H,2,4,6-12,23-25,27H2,1,3H3. The Balaban J connectivity index is 1.45. The minimum atomic E-state index is -0.662. The van der Waals surface area contributed by atoms with E-state index in [2.05, 4.69) is 13.5 Å². The molecule has 10 heteroatoms. The molecule has 0 saturated carbocycles. The minimum absolute atomic E-state index is 0.0721. The molecule has 0 unspecified atom stereocenters. The van der Waals surface area contributed by atoms with Gasteiger partial charge in [-0.15, -0.1) is 0 Å². The molecule has 3 rings (SSSR count). The predicted molar refractivity (Wildman–Crippen MR) is 177 cm³/mol. The highest BCUT2D eigenvalue weighted by Crippen LogP contribution is 2.27. The summed E-state index contributed by atoms with van der Waals surface area (Å²) in [5, 5.41) is 0. The Hall–Kier alpha value is -4.99. The molecule has 0 spiro atoms. The van der Waals surface area contributed by atoms with Crippen LogP contribution in [0, 0.1) is 0 Å². The van der Waals surface area contributed by atoms with Gasteiger partial charge in [0.05, 0.1) is 32.5 Å². The van der Waals surface area contributed by atoms with Crippen LogP contribution in [0.4, 0.5) is 0 Å². The molecule has 0 amide bonds. The largest absolute Gasteiger partial charge is 0.494 e. The Kier molecular flexibility index (Phi) is 16.2. The van der Waals surface area contributed by atoms with E-state index in [0.29, 0.717) is 49.7 Å². The highest BCUT2D eigenvalue weighted by atomic mass is 16.7. The predicted octanol–water partition coefficient (Wildman–Crippen LogP) is 7.74. The summed E-state index contributed by atoms with van der Waals surface area (Å²) in [7, 11) is 1.25. The van der Waals surface area contributed by atoms with E-state index in [1.165, 1.54) is 57.4 Å². The van der Waals surface area contributed by atoms with Gasteiger partial charge in [-0.05, 0) is 86.0 Å². The fraction of sp³-hybridized carbons (Fsp3) is 0.378. The highest BCUT2D eigenvalue weighted by Gasteiger charge is 2.17. The van der Waals surface area contributed by atoms with Crippen LogP contribution in [0.3, 0.4) is 0 Å². The second-order valence-electron chi connectivity index (χ2n) is 10.5. The number of hydrogen-bond acceptors (Lipinski definition) is 10. The van der Waals surface area contributed by atoms with Gasteiger partial charge < -0.3 is 33.2 Å². The molecule has 10 nitrogen and oxygen atoms in total. The SMILES string of the molecule is C=CC(=O)OCCCCOc1ccc(C(=O)Oc2ccc(OCOc3ccc(OCCCCCCCC)cc3)c(C(=O)OC)c2)cc1. The number of rotatable bonds is 22. The van der Waals surface area contributed by atoms with E-state index in [1.54, 1.807) is 36.4 Å². The van der Waals surface area contributed by atoms with Crippen LogP contribution in [0.5, 0.6) is 28.7 Å². The van der Waals surface area contributed by atoms with Crippen molar-refractivity contribution in [2.75, 3.05) is 33.7 Å². The quantitative estimate of drug-likeness (QED) is 0.0352. The van der Waals surface area contributed by atoms with Crippen molar-refractivity contribution in [3.05, 3.63) is 90.5 Å². The van der Waals surface area contributed by atoms with Gasteiger partial charge in [-0.2, -0.15) is 0 Å². The maximum atomic E-state index is 12.8. The molecule has 47 heavy (non-hydrogen) atoms. The summed E-state index contributed by atoms with van der Waals surface area (Å²) in [5.41, 5.74) is 0.365. The second kappa shape index (κ2) is 20.9. The smallest absolute Gasteiger partial charge is 0.343 e. The van der Waals surface area contributed by atoms with Gasteiger partial charge in [-0.1, -0.05) is 45.6 Å². The lowest BCUT2D eigenvalue weighted by molar-refractivity contribution is -0.137. The van der Waals surface area contributed by atoms with Crippen LogP contribution in [0.25, 0.3) is 0 Å². The Bertz CT molecular complexity index is 1400. The Morgan fingerprint density at radius 2 is 1.19 bits per heavy atom. The summed E-state index contributed by atoms with van der Waals surface area (Å²) >= 11 is 0. The van der Waals surface area contributed by atoms with Crippen LogP contribution in [-0.2, 0) is 14.3 Å². The number of carbonyl (C=O) groups excluding carboxylic acids is 3. The lowest BCUT2D eigenvalue weighted by atomic mass is 10.1. The van der Waals surface area contributed by atoms with Crippen LogP contribution in [0.15, 0.2) is 79.4 Å². The third-order valence-electron chi connectivity index (χ3n) is 6.91. The second-order valence-corrected chi connectivity index (χ2v) is 10.5. The number of ether oxygens (including phenoxy) is 7. The van der Waals surface area contributed by atoms with Crippen LogP contribution >= 0.6 is 0 Å². The van der Waals surface area contributed by atoms with E-state index in [9.17, 15) is 14.4 Å². The molecule has 0 aliphatic heterocycles. The molecule has 0 bridgehead atoms. The molecule has 0 aliphatic carbocycles. The molecule has 0 N–H and O–H groups in total. The van der Waals surface area contributed by atoms with E-state index in [0.717, 1.165) is 18.2 Å². The van der Waals surface area contributed by atoms with Crippen molar-refractivity contribution in [3.8, 4) is 28.7 Å². The number of hydrogen-bond donors (Lipinski definition) is 0. The first-order valence-electron chi connectivity index (χ1n) is 15.9. The first kappa shape index (κ1) is 36.5. The molecule has 252 valence electrons. The van der Waals surface area contributed by atoms with Crippen molar-refractivity contribution in [3.63, 3.8) is 0 Å². The minimum Gasteiger partial charge on any atom is -0.494 e. The molecule has 0 heterocycles. The zero-order valence-electron chi connectivity index (χ0n) is 27.2. The van der Waals surface area contributed by atoms with E-state index in [4.69, 9.17) is 33.2 Å². The van der Waals surface area contributed by atoms with Crippen molar-refractivity contribution in [1.29, 1.82) is 0 Å². The molecule has 3 aromatic carbocycles. The summed E-state index contributed by atoms with van der Waals surface area (Å²) < 4.78 is 38.2. The van der Waals surface area contributed by atoms with Crippen molar-refractivity contribution < 1.29 is 47.5 Å². The van der Waals surface area contributed by atoms with E-state index >= 15 is 0 Å². The number of benzene rings is 3. The Labute approximate surface area is 276 Å². The lowest BCUT2D eigenvalue weighted by Crippen LogP contribution is -2.12. The normalized spacial score (nSPS) is 10.4. The van der Waals surface area contributed by atoms with Gasteiger partial charge in [-0.25, -0.2) is 14.4 Å². The third-order valence-corrected chi connectivity index (χ3v) is 6.91. The zero-order chi connectivity index (χ0) is 33.7. The van der Waals surface area contributed by atoms with Gasteiger partial charge in [0.1, 0.15) is 34.3 Å². The molecule has 0 radical (unpaired) electrons. The van der Waals surface area contributed by atoms with Crippen LogP contribution in [0.2, 0.25) is 0 Å². The van der Waals surface area contributed by atoms with Gasteiger partial charge >= 0.3 is 17.9 Å². The maximum absolute atomic E-state index is 12.8. The summed E-state index contributed by atoms with van der Waals surface area (Å²) in [6.45, 7) is 6.78. The van der Waals surface area contributed by atoms with Gasteiger partial charge in [0.2, 0.25) is 6.79 Å². The Morgan fingerprint density at radius 1 is 0.638 bits per heavy atom. The summed E-state index contributed by atoms with van der Waals surface area (Å²) in [6.07, 6.45) is 9.69. The molecule has 0 atom stereocenters. The van der Waals surface area contributed by atoms with Crippen LogP contribution < -0.4 is 23.7 Å². The monoisotopic (exact) mass is 648 g/mol. The van der Waals surface area contributed by atoms with E-state index in [1.807, 2.05) is 12.1 Å². The number of esters is 3. The van der Waals surface area contributed by atoms with Crippen LogP contribution in [0.1, 0.15) is 79.0 Å². The van der Waals surface area contributed by atoms with E-state index in [-0.39, 0.29) is 23.9 Å². The van der Waals surface area contributed by atoms with Gasteiger partial charge in [0.15, 0.2) is 0 Å². The number of methoxy groups -OCH3 is 1. The van der Waals surface area contributed by atoms with Crippen molar-refractivity contribution >= 4 is 17.9 Å². The first-order valence-corrected chi connectivity index (χ1v) is 15.9. The van der Waals surface area contributed by atoms with Crippen LogP contribution in [-0.4, -0.2) is 51.6 Å². The third kappa shape index (κ3) is 13.5. The average Bonchev–Trinajstić information content (AvgIpc) is 3.10. The zero-order valence-corrected chi connectivity index (χ0v) is 27.2. The molecule has 3 aromatic rings. The molecule has 0 aromatic heterocycles. The lowest BCUT2D eigenvalue weighted by Gasteiger charge is -2.13.